The van der Waals surface area contributed by atoms with Crippen molar-refractivity contribution in [2.75, 3.05) is 6.61 Å². The van der Waals surface area contributed by atoms with E-state index in [-0.39, 0.29) is 12.0 Å². The number of carbonyl (C=O) groups excluding carboxylic acids is 1. The summed E-state index contributed by atoms with van der Waals surface area (Å²) in [6.07, 6.45) is 7.36. The van der Waals surface area contributed by atoms with Gasteiger partial charge in [0.25, 0.3) is 0 Å². The minimum Gasteiger partial charge on any atom is -0.449 e. The lowest BCUT2D eigenvalue weighted by Crippen LogP contribution is -2.30. The molecule has 1 aromatic rings. The summed E-state index contributed by atoms with van der Waals surface area (Å²) in [5.74, 6) is 0.152. The fourth-order valence-corrected chi connectivity index (χ4v) is 2.24. The molecule has 0 spiro atoms. The van der Waals surface area contributed by atoms with Crippen LogP contribution in [0.2, 0.25) is 0 Å². The number of rotatable bonds is 2. The molecule has 0 saturated carbocycles. The van der Waals surface area contributed by atoms with E-state index in [9.17, 15) is 4.79 Å². The van der Waals surface area contributed by atoms with Gasteiger partial charge in [0.1, 0.15) is 0 Å². The molecule has 4 nitrogen and oxygen atoms in total. The molecule has 0 aliphatic carbocycles. The van der Waals surface area contributed by atoms with E-state index in [4.69, 9.17) is 4.74 Å². The molecule has 0 bridgehead atoms. The third kappa shape index (κ3) is 2.84. The maximum atomic E-state index is 11.9. The fraction of sp³-hybridized carbons (Fsp3) is 0.333. The molecule has 0 aromatic carbocycles. The Kier molecular flexibility index (Phi) is 4.00. The van der Waals surface area contributed by atoms with Crippen LogP contribution < -0.4 is 0 Å². The van der Waals surface area contributed by atoms with Crippen LogP contribution in [0.15, 0.2) is 48.1 Å². The lowest BCUT2D eigenvalue weighted by Gasteiger charge is -2.29. The first kappa shape index (κ1) is 13.3. The number of ether oxygens (including phenoxy) is 1. The highest BCUT2D eigenvalue weighted by atomic mass is 16.6. The van der Waals surface area contributed by atoms with E-state index >= 15 is 0 Å². The third-order valence-electron chi connectivity index (χ3n) is 3.07. The van der Waals surface area contributed by atoms with Crippen molar-refractivity contribution >= 4 is 6.09 Å². The first-order valence-electron chi connectivity index (χ1n) is 6.37. The summed E-state index contributed by atoms with van der Waals surface area (Å²) in [5.41, 5.74) is 2.88. The molecule has 1 aliphatic heterocycles. The van der Waals surface area contributed by atoms with Crippen LogP contribution >= 0.6 is 0 Å². The second kappa shape index (κ2) is 5.69. The van der Waals surface area contributed by atoms with Gasteiger partial charge in [0, 0.05) is 29.7 Å². The quantitative estimate of drug-likeness (QED) is 0.816. The smallest absolute Gasteiger partial charge is 0.418 e. The molecule has 2 heterocycles. The van der Waals surface area contributed by atoms with E-state index in [2.05, 4.69) is 4.98 Å². The molecule has 0 atom stereocenters. The average Bonchev–Trinajstić information content (AvgIpc) is 2.39. The summed E-state index contributed by atoms with van der Waals surface area (Å²) in [7, 11) is 0. The van der Waals surface area contributed by atoms with Gasteiger partial charge in [-0.15, -0.1) is 0 Å². The van der Waals surface area contributed by atoms with Crippen molar-refractivity contribution in [3.8, 4) is 0 Å². The first-order chi connectivity index (χ1) is 9.13. The molecule has 1 aliphatic rings. The van der Waals surface area contributed by atoms with Gasteiger partial charge in [0.15, 0.2) is 0 Å². The van der Waals surface area contributed by atoms with Gasteiger partial charge in [-0.1, -0.05) is 18.2 Å². The summed E-state index contributed by atoms with van der Waals surface area (Å²) in [6.45, 7) is 6.01. The maximum Gasteiger partial charge on any atom is 0.418 e. The predicted octanol–water partition coefficient (Wildman–Crippen LogP) is 3.44. The van der Waals surface area contributed by atoms with E-state index in [1.54, 1.807) is 18.0 Å². The normalized spacial score (nSPS) is 15.8. The number of pyridine rings is 1. The largest absolute Gasteiger partial charge is 0.449 e. The lowest BCUT2D eigenvalue weighted by atomic mass is 9.95. The zero-order valence-corrected chi connectivity index (χ0v) is 11.5. The van der Waals surface area contributed by atoms with Crippen LogP contribution in [0.4, 0.5) is 4.79 Å². The van der Waals surface area contributed by atoms with E-state index < -0.39 is 0 Å². The average molecular weight is 258 g/mol. The molecule has 0 unspecified atom stereocenters. The summed E-state index contributed by atoms with van der Waals surface area (Å²) < 4.78 is 5.06. The molecular formula is C15H18N2O2. The monoisotopic (exact) mass is 258 g/mol. The molecule has 1 aromatic heterocycles. The van der Waals surface area contributed by atoms with E-state index in [1.165, 1.54) is 0 Å². The minimum absolute atomic E-state index is 0.152. The van der Waals surface area contributed by atoms with Gasteiger partial charge in [-0.25, -0.2) is 4.79 Å². The molecule has 2 rings (SSSR count). The highest BCUT2D eigenvalue weighted by Gasteiger charge is 2.24. The molecule has 4 heteroatoms. The summed E-state index contributed by atoms with van der Waals surface area (Å²) >= 11 is 0. The van der Waals surface area contributed by atoms with Crippen LogP contribution in [0.3, 0.4) is 0 Å². The summed E-state index contributed by atoms with van der Waals surface area (Å²) in [5, 5.41) is 0. The van der Waals surface area contributed by atoms with Crippen molar-refractivity contribution in [1.29, 1.82) is 0 Å². The zero-order chi connectivity index (χ0) is 13.8. The Bertz CT molecular complexity index is 500. The van der Waals surface area contributed by atoms with Gasteiger partial charge in [0.2, 0.25) is 0 Å². The number of allylic oxidation sites excluding steroid dienone is 4. The molecule has 1 amide bonds. The van der Waals surface area contributed by atoms with Crippen LogP contribution in [0, 0.1) is 0 Å². The van der Waals surface area contributed by atoms with Crippen molar-refractivity contribution in [2.45, 2.75) is 26.7 Å². The van der Waals surface area contributed by atoms with E-state index in [1.807, 2.05) is 44.3 Å². The molecular weight excluding hydrogens is 240 g/mol. The van der Waals surface area contributed by atoms with Crippen molar-refractivity contribution in [2.24, 2.45) is 0 Å². The lowest BCUT2D eigenvalue weighted by molar-refractivity contribution is 0.127. The van der Waals surface area contributed by atoms with Crippen molar-refractivity contribution < 1.29 is 9.53 Å². The van der Waals surface area contributed by atoms with E-state index in [0.29, 0.717) is 6.61 Å². The predicted molar refractivity (Wildman–Crippen MR) is 73.4 cm³/mol. The number of amides is 1. The highest BCUT2D eigenvalue weighted by molar-refractivity contribution is 5.73. The summed E-state index contributed by atoms with van der Waals surface area (Å²) in [4.78, 5) is 17.6. The van der Waals surface area contributed by atoms with Gasteiger partial charge in [-0.2, -0.15) is 0 Å². The number of carbonyl (C=O) groups is 1. The number of hydrogen-bond acceptors (Lipinski definition) is 3. The Labute approximate surface area is 113 Å². The Morgan fingerprint density at radius 1 is 1.37 bits per heavy atom. The van der Waals surface area contributed by atoms with Crippen LogP contribution in [0.25, 0.3) is 0 Å². The van der Waals surface area contributed by atoms with Crippen molar-refractivity contribution in [1.82, 2.24) is 9.88 Å². The number of nitrogens with zero attached hydrogens (tertiary/aromatic N) is 2. The number of aromatic nitrogens is 1. The molecule has 0 radical (unpaired) electrons. The Balaban J connectivity index is 2.25. The second-order valence-corrected chi connectivity index (χ2v) is 4.46. The Morgan fingerprint density at radius 2 is 2.05 bits per heavy atom. The van der Waals surface area contributed by atoms with Crippen LogP contribution in [-0.2, 0) is 4.74 Å². The second-order valence-electron chi connectivity index (χ2n) is 4.46. The Morgan fingerprint density at radius 3 is 2.58 bits per heavy atom. The Hall–Kier alpha value is -2.10. The molecule has 0 saturated heterocycles. The van der Waals surface area contributed by atoms with Gasteiger partial charge in [-0.3, -0.25) is 9.88 Å². The molecule has 100 valence electrons. The highest BCUT2D eigenvalue weighted by Crippen LogP contribution is 2.29. The molecule has 19 heavy (non-hydrogen) atoms. The minimum atomic E-state index is -0.324. The van der Waals surface area contributed by atoms with Crippen LogP contribution in [0.1, 0.15) is 32.3 Å². The molecule has 0 fully saturated rings. The van der Waals surface area contributed by atoms with Crippen molar-refractivity contribution in [3.05, 3.63) is 53.6 Å². The first-order valence-corrected chi connectivity index (χ1v) is 6.37. The SMILES string of the molecule is CCOC(=O)N1C(C)=CC(c2cccnc2)C=C1C. The van der Waals surface area contributed by atoms with Crippen LogP contribution in [0.5, 0.6) is 0 Å². The van der Waals surface area contributed by atoms with E-state index in [0.717, 1.165) is 17.0 Å². The number of hydrogen-bond donors (Lipinski definition) is 0. The van der Waals surface area contributed by atoms with Crippen LogP contribution in [-0.4, -0.2) is 22.6 Å². The fourth-order valence-electron chi connectivity index (χ4n) is 2.24. The maximum absolute atomic E-state index is 11.9. The summed E-state index contributed by atoms with van der Waals surface area (Å²) in [6, 6.07) is 3.95. The molecule has 0 N–H and O–H groups in total. The van der Waals surface area contributed by atoms with Gasteiger partial charge in [-0.05, 0) is 32.4 Å². The van der Waals surface area contributed by atoms with Gasteiger partial charge in [0.05, 0.1) is 6.61 Å². The van der Waals surface area contributed by atoms with Gasteiger partial charge >= 0.3 is 6.09 Å². The van der Waals surface area contributed by atoms with Crippen molar-refractivity contribution in [3.63, 3.8) is 0 Å². The van der Waals surface area contributed by atoms with Gasteiger partial charge < -0.3 is 4.74 Å². The topological polar surface area (TPSA) is 42.4 Å². The zero-order valence-electron chi connectivity index (χ0n) is 11.5. The third-order valence-corrected chi connectivity index (χ3v) is 3.07. The standard InChI is InChI=1S/C15H18N2O2/c1-4-19-15(18)17-11(2)8-14(9-12(17)3)13-6-5-7-16-10-13/h5-10,14H,4H2,1-3H3.